The van der Waals surface area contributed by atoms with E-state index in [1.807, 2.05) is 30.3 Å². The number of benzene rings is 2. The highest BCUT2D eigenvalue weighted by Gasteiger charge is 2.55. The summed E-state index contributed by atoms with van der Waals surface area (Å²) in [6, 6.07) is 13.2. The Labute approximate surface area is 143 Å². The molecule has 1 fully saturated rings. The molecule has 1 heterocycles. The van der Waals surface area contributed by atoms with Gasteiger partial charge in [0.05, 0.1) is 0 Å². The molecule has 4 rings (SSSR count). The predicted octanol–water partition coefficient (Wildman–Crippen LogP) is 4.04. The van der Waals surface area contributed by atoms with E-state index < -0.39 is 17.5 Å². The average Bonchev–Trinajstić information content (AvgIpc) is 3.01. The second-order valence-electron chi connectivity index (χ2n) is 5.93. The van der Waals surface area contributed by atoms with Gasteiger partial charge in [0.25, 0.3) is 5.91 Å². The first-order valence-electron chi connectivity index (χ1n) is 7.16. The summed E-state index contributed by atoms with van der Waals surface area (Å²) in [7, 11) is 0. The van der Waals surface area contributed by atoms with E-state index >= 15 is 0 Å². The number of hydrogen-bond acceptors (Lipinski definition) is 2. The molecular weight excluding hydrogens is 335 g/mol. The van der Waals surface area contributed by atoms with Crippen LogP contribution in [-0.2, 0) is 16.8 Å². The molecular formula is C17H12Cl2N2O2. The van der Waals surface area contributed by atoms with Gasteiger partial charge in [-0.15, -0.1) is 0 Å². The van der Waals surface area contributed by atoms with Gasteiger partial charge in [0.15, 0.2) is 5.54 Å². The van der Waals surface area contributed by atoms with Gasteiger partial charge < -0.3 is 0 Å². The van der Waals surface area contributed by atoms with Gasteiger partial charge in [-0.05, 0) is 41.2 Å². The van der Waals surface area contributed by atoms with Crippen molar-refractivity contribution in [1.82, 2.24) is 8.84 Å². The fourth-order valence-corrected chi connectivity index (χ4v) is 3.84. The summed E-state index contributed by atoms with van der Waals surface area (Å²) in [6.07, 6.45) is 0.796. The Morgan fingerprint density at radius 1 is 1.00 bits per heavy atom. The summed E-state index contributed by atoms with van der Waals surface area (Å²) in [4.78, 5) is 24.3. The van der Waals surface area contributed by atoms with Crippen LogP contribution in [0.15, 0.2) is 42.5 Å². The molecule has 116 valence electrons. The Morgan fingerprint density at radius 2 is 1.70 bits per heavy atom. The van der Waals surface area contributed by atoms with Gasteiger partial charge in [-0.2, -0.15) is 4.42 Å². The normalized spacial score (nSPS) is 22.6. The molecule has 0 saturated carbocycles. The average molecular weight is 347 g/mol. The summed E-state index contributed by atoms with van der Waals surface area (Å²) in [5.41, 5.74) is 4.07. The van der Waals surface area contributed by atoms with Crippen LogP contribution >= 0.6 is 23.6 Å². The number of carbonyl (C=O) groups excluding carboxylic acids is 2. The van der Waals surface area contributed by atoms with Crippen molar-refractivity contribution in [2.75, 3.05) is 0 Å². The van der Waals surface area contributed by atoms with Crippen molar-refractivity contribution in [3.05, 3.63) is 59.2 Å². The van der Waals surface area contributed by atoms with E-state index in [1.165, 1.54) is 11.1 Å². The zero-order chi connectivity index (χ0) is 16.4. The number of urea groups is 1. The third kappa shape index (κ3) is 1.79. The monoisotopic (exact) mass is 346 g/mol. The number of fused-ring (bicyclic) bond motifs is 3. The highest BCUT2D eigenvalue weighted by Crippen LogP contribution is 2.43. The second kappa shape index (κ2) is 4.73. The Kier molecular flexibility index (Phi) is 2.99. The lowest BCUT2D eigenvalue weighted by Gasteiger charge is -2.26. The van der Waals surface area contributed by atoms with Gasteiger partial charge >= 0.3 is 6.03 Å². The van der Waals surface area contributed by atoms with Crippen LogP contribution in [0.2, 0.25) is 0 Å². The molecule has 3 amide bonds. The number of imide groups is 1. The van der Waals surface area contributed by atoms with E-state index in [9.17, 15) is 9.59 Å². The van der Waals surface area contributed by atoms with Crippen LogP contribution in [0.25, 0.3) is 11.1 Å². The third-order valence-corrected chi connectivity index (χ3v) is 5.46. The Morgan fingerprint density at radius 3 is 2.39 bits per heavy atom. The van der Waals surface area contributed by atoms with E-state index in [0.29, 0.717) is 9.98 Å². The number of amides is 3. The predicted molar refractivity (Wildman–Crippen MR) is 87.8 cm³/mol. The van der Waals surface area contributed by atoms with Crippen LogP contribution in [0.5, 0.6) is 0 Å². The Balaban J connectivity index is 1.83. The van der Waals surface area contributed by atoms with Crippen LogP contribution in [-0.4, -0.2) is 20.8 Å². The van der Waals surface area contributed by atoms with Crippen LogP contribution < -0.4 is 0 Å². The molecule has 0 radical (unpaired) electrons. The molecule has 1 aliphatic heterocycles. The summed E-state index contributed by atoms with van der Waals surface area (Å²) in [5, 5.41) is 0. The van der Waals surface area contributed by atoms with Gasteiger partial charge in [0.1, 0.15) is 0 Å². The van der Waals surface area contributed by atoms with Gasteiger partial charge in [0.2, 0.25) is 0 Å². The number of hydrogen-bond donors (Lipinski definition) is 0. The van der Waals surface area contributed by atoms with Crippen LogP contribution in [0.1, 0.15) is 23.6 Å². The molecule has 0 spiro atoms. The van der Waals surface area contributed by atoms with E-state index in [2.05, 4.69) is 12.1 Å². The van der Waals surface area contributed by atoms with Gasteiger partial charge in [-0.1, -0.05) is 42.5 Å². The van der Waals surface area contributed by atoms with E-state index in [0.717, 1.165) is 22.0 Å². The summed E-state index contributed by atoms with van der Waals surface area (Å²) in [6.45, 7) is 1.60. The fourth-order valence-electron chi connectivity index (χ4n) is 3.32. The zero-order valence-electron chi connectivity index (χ0n) is 12.2. The smallest absolute Gasteiger partial charge is 0.270 e. The van der Waals surface area contributed by atoms with Crippen molar-refractivity contribution < 1.29 is 9.59 Å². The quantitative estimate of drug-likeness (QED) is 0.492. The van der Waals surface area contributed by atoms with Crippen LogP contribution in [0, 0.1) is 0 Å². The standard InChI is InChI=1S/C17H12Cl2N2O2/c1-17(15(22)20(18)16(23)21(17)19)12-6-7-14-11(9-12)8-10-4-2-3-5-13(10)14/h2-7,9H,8H2,1H3/t17-/m0/s1. The molecule has 1 saturated heterocycles. The van der Waals surface area contributed by atoms with Crippen molar-refractivity contribution in [3.8, 4) is 11.1 Å². The van der Waals surface area contributed by atoms with Gasteiger partial charge in [0, 0.05) is 23.6 Å². The van der Waals surface area contributed by atoms with Crippen molar-refractivity contribution in [1.29, 1.82) is 0 Å². The zero-order valence-corrected chi connectivity index (χ0v) is 13.7. The van der Waals surface area contributed by atoms with E-state index in [1.54, 1.807) is 6.92 Å². The molecule has 2 aromatic carbocycles. The lowest BCUT2D eigenvalue weighted by atomic mass is 9.89. The molecule has 1 aliphatic carbocycles. The molecule has 2 aromatic rings. The minimum atomic E-state index is -1.30. The number of nitrogens with zero attached hydrogens (tertiary/aromatic N) is 2. The molecule has 0 aromatic heterocycles. The Bertz CT molecular complexity index is 867. The van der Waals surface area contributed by atoms with Crippen LogP contribution in [0.3, 0.4) is 0 Å². The van der Waals surface area contributed by atoms with Crippen molar-refractivity contribution >= 4 is 35.5 Å². The number of rotatable bonds is 1. The molecule has 0 bridgehead atoms. The third-order valence-electron chi connectivity index (χ3n) is 4.68. The lowest BCUT2D eigenvalue weighted by Crippen LogP contribution is -2.39. The maximum atomic E-state index is 12.4. The molecule has 2 aliphatic rings. The summed E-state index contributed by atoms with van der Waals surface area (Å²) < 4.78 is 1.40. The first-order valence-corrected chi connectivity index (χ1v) is 7.84. The van der Waals surface area contributed by atoms with Crippen molar-refractivity contribution in [3.63, 3.8) is 0 Å². The van der Waals surface area contributed by atoms with Gasteiger partial charge in [-0.25, -0.2) is 9.21 Å². The minimum Gasteiger partial charge on any atom is -0.270 e. The molecule has 6 heteroatoms. The second-order valence-corrected chi connectivity index (χ2v) is 6.60. The van der Waals surface area contributed by atoms with E-state index in [-0.39, 0.29) is 0 Å². The first kappa shape index (κ1) is 14.5. The maximum Gasteiger partial charge on any atom is 0.357 e. The highest BCUT2D eigenvalue weighted by molar-refractivity contribution is 6.39. The van der Waals surface area contributed by atoms with Crippen LogP contribution in [0.4, 0.5) is 4.79 Å². The minimum absolute atomic E-state index is 0.537. The lowest BCUT2D eigenvalue weighted by molar-refractivity contribution is -0.128. The molecule has 0 N–H and O–H groups in total. The first-order chi connectivity index (χ1) is 10.9. The highest BCUT2D eigenvalue weighted by atomic mass is 35.5. The van der Waals surface area contributed by atoms with Crippen molar-refractivity contribution in [2.45, 2.75) is 18.9 Å². The SMILES string of the molecule is C[C@]1(c2ccc3c(c2)Cc2ccccc2-3)C(=O)N(Cl)C(=O)N1Cl. The topological polar surface area (TPSA) is 40.6 Å². The summed E-state index contributed by atoms with van der Waals surface area (Å²) >= 11 is 11.8. The number of carbonyl (C=O) groups is 2. The molecule has 4 nitrogen and oxygen atoms in total. The Hall–Kier alpha value is -2.04. The molecule has 23 heavy (non-hydrogen) atoms. The maximum absolute atomic E-state index is 12.4. The summed E-state index contributed by atoms with van der Waals surface area (Å²) in [5.74, 6) is -0.547. The van der Waals surface area contributed by atoms with Gasteiger partial charge in [-0.3, -0.25) is 4.79 Å². The largest absolute Gasteiger partial charge is 0.357 e. The van der Waals surface area contributed by atoms with Crippen molar-refractivity contribution in [2.24, 2.45) is 0 Å². The fraction of sp³-hybridized carbons (Fsp3) is 0.176. The number of halogens is 2. The molecule has 1 atom stereocenters. The van der Waals surface area contributed by atoms with E-state index in [4.69, 9.17) is 23.6 Å². The molecule has 0 unspecified atom stereocenters.